The Balaban J connectivity index is 1.99. The molecule has 1 atom stereocenters. The van der Waals surface area contributed by atoms with Crippen LogP contribution < -0.4 is 4.90 Å². The summed E-state index contributed by atoms with van der Waals surface area (Å²) in [6.07, 6.45) is 2.93. The summed E-state index contributed by atoms with van der Waals surface area (Å²) in [5, 5.41) is 9.14. The van der Waals surface area contributed by atoms with Gasteiger partial charge in [0.2, 0.25) is 5.95 Å². The quantitative estimate of drug-likeness (QED) is 0.885. The van der Waals surface area contributed by atoms with Gasteiger partial charge in [-0.15, -0.1) is 0 Å². The van der Waals surface area contributed by atoms with Crippen molar-refractivity contribution in [2.75, 3.05) is 31.1 Å². The fourth-order valence-corrected chi connectivity index (χ4v) is 2.41. The van der Waals surface area contributed by atoms with Crippen molar-refractivity contribution in [3.63, 3.8) is 0 Å². The SMILES string of the molecule is CCC(C)N1CCN(c2ncc(CO)c(C)n2)CC1. The summed E-state index contributed by atoms with van der Waals surface area (Å²) in [5.41, 5.74) is 1.68. The summed E-state index contributed by atoms with van der Waals surface area (Å²) in [7, 11) is 0. The van der Waals surface area contributed by atoms with Crippen LogP contribution >= 0.6 is 0 Å². The molecule has 1 aromatic heterocycles. The van der Waals surface area contributed by atoms with E-state index in [1.807, 2.05) is 6.92 Å². The van der Waals surface area contributed by atoms with E-state index in [2.05, 4.69) is 33.6 Å². The average molecular weight is 264 g/mol. The number of hydrogen-bond donors (Lipinski definition) is 1. The summed E-state index contributed by atoms with van der Waals surface area (Å²) >= 11 is 0. The summed E-state index contributed by atoms with van der Waals surface area (Å²) in [6, 6.07) is 0.654. The third-order valence-corrected chi connectivity index (χ3v) is 4.05. The fourth-order valence-electron chi connectivity index (χ4n) is 2.41. The number of piperazine rings is 1. The first-order valence-corrected chi connectivity index (χ1v) is 7.08. The van der Waals surface area contributed by atoms with Crippen LogP contribution in [0.1, 0.15) is 31.5 Å². The highest BCUT2D eigenvalue weighted by atomic mass is 16.3. The highest BCUT2D eigenvalue weighted by Crippen LogP contribution is 2.15. The normalized spacial score (nSPS) is 18.6. The van der Waals surface area contributed by atoms with Gasteiger partial charge in [0.15, 0.2) is 0 Å². The zero-order chi connectivity index (χ0) is 13.8. The molecule has 1 saturated heterocycles. The Kier molecular flexibility index (Phi) is 4.71. The van der Waals surface area contributed by atoms with Gasteiger partial charge in [-0.3, -0.25) is 4.90 Å². The summed E-state index contributed by atoms with van der Waals surface area (Å²) < 4.78 is 0. The van der Waals surface area contributed by atoms with E-state index >= 15 is 0 Å². The minimum atomic E-state index is 0.00784. The molecule has 0 saturated carbocycles. The smallest absolute Gasteiger partial charge is 0.225 e. The van der Waals surface area contributed by atoms with Crippen molar-refractivity contribution >= 4 is 5.95 Å². The molecule has 1 unspecified atom stereocenters. The molecule has 0 aliphatic carbocycles. The Morgan fingerprint density at radius 1 is 1.32 bits per heavy atom. The lowest BCUT2D eigenvalue weighted by molar-refractivity contribution is 0.192. The first-order valence-electron chi connectivity index (χ1n) is 7.08. The van der Waals surface area contributed by atoms with Crippen LogP contribution in [0.25, 0.3) is 0 Å². The van der Waals surface area contributed by atoms with Crippen LogP contribution in [0.4, 0.5) is 5.95 Å². The van der Waals surface area contributed by atoms with Gasteiger partial charge in [-0.25, -0.2) is 9.97 Å². The van der Waals surface area contributed by atoms with E-state index in [1.54, 1.807) is 6.20 Å². The number of aliphatic hydroxyl groups excluding tert-OH is 1. The lowest BCUT2D eigenvalue weighted by atomic mass is 10.2. The molecule has 5 heteroatoms. The minimum Gasteiger partial charge on any atom is -0.392 e. The molecule has 1 fully saturated rings. The lowest BCUT2D eigenvalue weighted by Gasteiger charge is -2.37. The molecule has 106 valence electrons. The minimum absolute atomic E-state index is 0.00784. The molecule has 1 aromatic rings. The van der Waals surface area contributed by atoms with Crippen molar-refractivity contribution in [2.45, 2.75) is 39.8 Å². The zero-order valence-corrected chi connectivity index (χ0v) is 12.1. The maximum atomic E-state index is 9.14. The molecule has 0 amide bonds. The second-order valence-electron chi connectivity index (χ2n) is 5.22. The lowest BCUT2D eigenvalue weighted by Crippen LogP contribution is -2.50. The molecule has 2 rings (SSSR count). The monoisotopic (exact) mass is 264 g/mol. The molecule has 1 aliphatic heterocycles. The number of hydrogen-bond acceptors (Lipinski definition) is 5. The molecule has 1 N–H and O–H groups in total. The Labute approximate surface area is 115 Å². The van der Waals surface area contributed by atoms with Crippen LogP contribution in [0.3, 0.4) is 0 Å². The molecule has 2 heterocycles. The van der Waals surface area contributed by atoms with Crippen LogP contribution in [0.2, 0.25) is 0 Å². The molecule has 0 aromatic carbocycles. The van der Waals surface area contributed by atoms with E-state index in [9.17, 15) is 0 Å². The molecule has 0 spiro atoms. The molecular weight excluding hydrogens is 240 g/mol. The van der Waals surface area contributed by atoms with Crippen LogP contribution in [-0.2, 0) is 6.61 Å². The first kappa shape index (κ1) is 14.2. The summed E-state index contributed by atoms with van der Waals surface area (Å²) in [6.45, 7) is 10.5. The highest BCUT2D eigenvalue weighted by Gasteiger charge is 2.21. The number of aliphatic hydroxyl groups is 1. The Morgan fingerprint density at radius 2 is 2.00 bits per heavy atom. The van der Waals surface area contributed by atoms with E-state index < -0.39 is 0 Å². The van der Waals surface area contributed by atoms with Gasteiger partial charge < -0.3 is 10.0 Å². The number of anilines is 1. The van der Waals surface area contributed by atoms with Crippen molar-refractivity contribution in [1.29, 1.82) is 0 Å². The van der Waals surface area contributed by atoms with Crippen molar-refractivity contribution in [3.8, 4) is 0 Å². The molecular formula is C14H24N4O. The number of aromatic nitrogens is 2. The van der Waals surface area contributed by atoms with Gasteiger partial charge in [0.1, 0.15) is 0 Å². The Bertz CT molecular complexity index is 416. The number of nitrogens with zero attached hydrogens (tertiary/aromatic N) is 4. The predicted molar refractivity (Wildman–Crippen MR) is 76.2 cm³/mol. The van der Waals surface area contributed by atoms with Crippen molar-refractivity contribution in [2.24, 2.45) is 0 Å². The topological polar surface area (TPSA) is 52.5 Å². The largest absolute Gasteiger partial charge is 0.392 e. The number of aryl methyl sites for hydroxylation is 1. The van der Waals surface area contributed by atoms with E-state index in [-0.39, 0.29) is 6.61 Å². The van der Waals surface area contributed by atoms with E-state index in [1.165, 1.54) is 6.42 Å². The van der Waals surface area contributed by atoms with Crippen molar-refractivity contribution < 1.29 is 5.11 Å². The molecule has 0 radical (unpaired) electrons. The third-order valence-electron chi connectivity index (χ3n) is 4.05. The van der Waals surface area contributed by atoms with E-state index in [0.29, 0.717) is 6.04 Å². The maximum Gasteiger partial charge on any atom is 0.225 e. The Morgan fingerprint density at radius 3 is 2.53 bits per heavy atom. The fraction of sp³-hybridized carbons (Fsp3) is 0.714. The van der Waals surface area contributed by atoms with Crippen LogP contribution in [-0.4, -0.2) is 52.2 Å². The number of rotatable bonds is 4. The summed E-state index contributed by atoms with van der Waals surface area (Å²) in [5.74, 6) is 0.790. The van der Waals surface area contributed by atoms with Gasteiger partial charge >= 0.3 is 0 Å². The second-order valence-corrected chi connectivity index (χ2v) is 5.22. The van der Waals surface area contributed by atoms with Gasteiger partial charge in [-0.1, -0.05) is 6.92 Å². The summed E-state index contributed by atoms with van der Waals surface area (Å²) in [4.78, 5) is 13.6. The first-order chi connectivity index (χ1) is 9.15. The van der Waals surface area contributed by atoms with E-state index in [4.69, 9.17) is 5.11 Å². The third kappa shape index (κ3) is 3.22. The van der Waals surface area contributed by atoms with Gasteiger partial charge in [0.05, 0.1) is 6.61 Å². The molecule has 5 nitrogen and oxygen atoms in total. The van der Waals surface area contributed by atoms with Gasteiger partial charge in [0, 0.05) is 49.7 Å². The van der Waals surface area contributed by atoms with Crippen molar-refractivity contribution in [3.05, 3.63) is 17.5 Å². The molecule has 1 aliphatic rings. The van der Waals surface area contributed by atoms with Crippen molar-refractivity contribution in [1.82, 2.24) is 14.9 Å². The molecule has 19 heavy (non-hydrogen) atoms. The Hall–Kier alpha value is -1.20. The van der Waals surface area contributed by atoms with Crippen LogP contribution in [0, 0.1) is 6.92 Å². The van der Waals surface area contributed by atoms with Gasteiger partial charge in [-0.2, -0.15) is 0 Å². The molecule has 0 bridgehead atoms. The second kappa shape index (κ2) is 6.30. The van der Waals surface area contributed by atoms with Crippen LogP contribution in [0.15, 0.2) is 6.20 Å². The zero-order valence-electron chi connectivity index (χ0n) is 12.1. The average Bonchev–Trinajstić information content (AvgIpc) is 2.46. The standard InChI is InChI=1S/C14H24N4O/c1-4-11(2)17-5-7-18(8-6-17)14-15-9-13(10-19)12(3)16-14/h9,11,19H,4-8,10H2,1-3H3. The van der Waals surface area contributed by atoms with Crippen LogP contribution in [0.5, 0.6) is 0 Å². The van der Waals surface area contributed by atoms with Gasteiger partial charge in [0.25, 0.3) is 0 Å². The predicted octanol–water partition coefficient (Wildman–Crippen LogP) is 1.20. The maximum absolute atomic E-state index is 9.14. The van der Waals surface area contributed by atoms with Gasteiger partial charge in [-0.05, 0) is 20.3 Å². The van der Waals surface area contributed by atoms with E-state index in [0.717, 1.165) is 43.4 Å². The highest BCUT2D eigenvalue weighted by molar-refractivity contribution is 5.33.